The minimum absolute atomic E-state index is 0.101. The number of nitrogens with zero attached hydrogens (tertiary/aromatic N) is 3. The van der Waals surface area contributed by atoms with Crippen LogP contribution in [0.5, 0.6) is 5.75 Å². The molecule has 174 valence electrons. The number of aryl methyl sites for hydroxylation is 1. The molecule has 0 saturated carbocycles. The highest BCUT2D eigenvalue weighted by atomic mass is 32.2. The molecule has 0 aliphatic rings. The lowest BCUT2D eigenvalue weighted by Crippen LogP contribution is -2.15. The van der Waals surface area contributed by atoms with Crippen molar-refractivity contribution in [2.24, 2.45) is 0 Å². The average Bonchev–Trinajstić information content (AvgIpc) is 3.26. The summed E-state index contributed by atoms with van der Waals surface area (Å²) in [4.78, 5) is 12.7. The largest absolute Gasteiger partial charge is 0.483 e. The van der Waals surface area contributed by atoms with Gasteiger partial charge in [0.25, 0.3) is 0 Å². The maximum atomic E-state index is 12.7. The third-order valence-corrected chi connectivity index (χ3v) is 6.43. The number of thioether (sulfide) groups is 1. The van der Waals surface area contributed by atoms with Gasteiger partial charge in [-0.1, -0.05) is 73.3 Å². The van der Waals surface area contributed by atoms with Crippen LogP contribution in [-0.4, -0.2) is 26.4 Å². The van der Waals surface area contributed by atoms with Gasteiger partial charge in [-0.2, -0.15) is 0 Å². The molecular formula is C27H28N4O2S. The predicted octanol–water partition coefficient (Wildman–Crippen LogP) is 6.05. The van der Waals surface area contributed by atoms with E-state index in [0.29, 0.717) is 17.5 Å². The zero-order valence-corrected chi connectivity index (χ0v) is 20.2. The maximum absolute atomic E-state index is 12.7. The predicted molar refractivity (Wildman–Crippen MR) is 138 cm³/mol. The van der Waals surface area contributed by atoms with Gasteiger partial charge in [0.1, 0.15) is 5.75 Å². The van der Waals surface area contributed by atoms with Crippen LogP contribution >= 0.6 is 11.8 Å². The van der Waals surface area contributed by atoms with E-state index < -0.39 is 0 Å². The number of carbonyl (C=O) groups excluding carboxylic acids is 1. The Labute approximate surface area is 204 Å². The number of aromatic nitrogens is 3. The quantitative estimate of drug-likeness (QED) is 0.225. The number of benzene rings is 3. The lowest BCUT2D eigenvalue weighted by atomic mass is 10.1. The van der Waals surface area contributed by atoms with Crippen molar-refractivity contribution in [1.29, 1.82) is 0 Å². The molecule has 1 amide bonds. The van der Waals surface area contributed by atoms with Crippen LogP contribution in [0.25, 0.3) is 10.8 Å². The normalized spacial score (nSPS) is 11.8. The van der Waals surface area contributed by atoms with Crippen LogP contribution in [0.15, 0.2) is 84.5 Å². The Morgan fingerprint density at radius 3 is 2.65 bits per heavy atom. The first kappa shape index (κ1) is 23.6. The van der Waals surface area contributed by atoms with Crippen molar-refractivity contribution in [2.45, 2.75) is 38.1 Å². The lowest BCUT2D eigenvalue weighted by Gasteiger charge is -2.16. The molecule has 4 rings (SSSR count). The summed E-state index contributed by atoms with van der Waals surface area (Å²) in [6, 6.07) is 21.9. The van der Waals surface area contributed by atoms with Gasteiger partial charge in [0, 0.05) is 17.6 Å². The van der Waals surface area contributed by atoms with Gasteiger partial charge >= 0.3 is 0 Å². The molecule has 0 radical (unpaired) electrons. The second-order valence-corrected chi connectivity index (χ2v) is 8.80. The van der Waals surface area contributed by atoms with E-state index in [2.05, 4.69) is 41.1 Å². The Morgan fingerprint density at radius 1 is 1.12 bits per heavy atom. The number of allylic oxidation sites excluding steroid dienone is 1. The fraction of sp³-hybridized carbons (Fsp3) is 0.222. The molecule has 3 aromatic carbocycles. The van der Waals surface area contributed by atoms with Gasteiger partial charge in [-0.15, -0.1) is 16.8 Å². The van der Waals surface area contributed by atoms with Crippen LogP contribution in [0, 0.1) is 0 Å². The monoisotopic (exact) mass is 472 g/mol. The van der Waals surface area contributed by atoms with Gasteiger partial charge in [-0.3, -0.25) is 9.36 Å². The molecule has 0 saturated heterocycles. The molecule has 1 unspecified atom stereocenters. The van der Waals surface area contributed by atoms with Crippen molar-refractivity contribution in [2.75, 3.05) is 11.1 Å². The molecule has 34 heavy (non-hydrogen) atoms. The summed E-state index contributed by atoms with van der Waals surface area (Å²) in [5.41, 5.74) is 2.06. The molecule has 0 fully saturated rings. The van der Waals surface area contributed by atoms with Crippen LogP contribution in [0.2, 0.25) is 0 Å². The van der Waals surface area contributed by atoms with E-state index in [4.69, 9.17) is 4.74 Å². The zero-order chi connectivity index (χ0) is 23.9. The second kappa shape index (κ2) is 11.0. The summed E-state index contributed by atoms with van der Waals surface area (Å²) >= 11 is 1.34. The summed E-state index contributed by atoms with van der Waals surface area (Å²) in [6.45, 7) is 8.45. The fourth-order valence-corrected chi connectivity index (χ4v) is 4.47. The first-order chi connectivity index (χ1) is 16.6. The first-order valence-corrected chi connectivity index (χ1v) is 12.3. The number of carbonyl (C=O) groups is 1. The molecule has 0 spiro atoms. The summed E-state index contributed by atoms with van der Waals surface area (Å²) in [7, 11) is 0. The number of anilines is 1. The standard InChI is InChI=1S/C27H28N4O2S/c1-4-17-31-26(19(3)33-22-15-13-20(5-2)14-16-22)29-30-27(31)34-18-25(32)28-24-12-8-10-21-9-6-7-11-23(21)24/h4,6-16,19H,1,5,17-18H2,2-3H3,(H,28,32). The number of ether oxygens (including phenoxy) is 1. The van der Waals surface area contributed by atoms with E-state index in [0.717, 1.165) is 28.6 Å². The SMILES string of the molecule is C=CCn1c(SCC(=O)Nc2cccc3ccccc23)nnc1C(C)Oc1ccc(CC)cc1. The summed E-state index contributed by atoms with van der Waals surface area (Å²) in [6.07, 6.45) is 2.47. The summed E-state index contributed by atoms with van der Waals surface area (Å²) in [5.74, 6) is 1.58. The molecule has 0 bridgehead atoms. The van der Waals surface area contributed by atoms with Gasteiger partial charge in [0.15, 0.2) is 17.1 Å². The van der Waals surface area contributed by atoms with Gasteiger partial charge in [0.05, 0.1) is 5.75 Å². The molecule has 1 heterocycles. The van der Waals surface area contributed by atoms with E-state index in [1.165, 1.54) is 17.3 Å². The van der Waals surface area contributed by atoms with E-state index in [-0.39, 0.29) is 17.8 Å². The Morgan fingerprint density at radius 2 is 1.88 bits per heavy atom. The molecule has 1 atom stereocenters. The molecule has 0 aliphatic carbocycles. The van der Waals surface area contributed by atoms with Gasteiger partial charge < -0.3 is 10.1 Å². The molecule has 4 aromatic rings. The molecule has 6 nitrogen and oxygen atoms in total. The summed E-state index contributed by atoms with van der Waals surface area (Å²) in [5, 5.41) is 14.4. The van der Waals surface area contributed by atoms with Crippen molar-refractivity contribution >= 4 is 34.1 Å². The molecular weight excluding hydrogens is 444 g/mol. The molecule has 0 aliphatic heterocycles. The van der Waals surface area contributed by atoms with Crippen molar-refractivity contribution in [3.05, 3.63) is 90.8 Å². The average molecular weight is 473 g/mol. The third kappa shape index (κ3) is 5.48. The van der Waals surface area contributed by atoms with Gasteiger partial charge in [-0.25, -0.2) is 0 Å². The number of fused-ring (bicyclic) bond motifs is 1. The van der Waals surface area contributed by atoms with Crippen LogP contribution in [0.4, 0.5) is 5.69 Å². The maximum Gasteiger partial charge on any atom is 0.234 e. The van der Waals surface area contributed by atoms with E-state index in [1.807, 2.05) is 66.1 Å². The second-order valence-electron chi connectivity index (χ2n) is 7.86. The highest BCUT2D eigenvalue weighted by molar-refractivity contribution is 7.99. The van der Waals surface area contributed by atoms with Crippen molar-refractivity contribution < 1.29 is 9.53 Å². The fourth-order valence-electron chi connectivity index (χ4n) is 3.72. The molecule has 1 aromatic heterocycles. The number of hydrogen-bond acceptors (Lipinski definition) is 5. The highest BCUT2D eigenvalue weighted by Gasteiger charge is 2.20. The van der Waals surface area contributed by atoms with Gasteiger partial charge in [0.2, 0.25) is 5.91 Å². The van der Waals surface area contributed by atoms with Crippen LogP contribution in [0.1, 0.15) is 31.3 Å². The van der Waals surface area contributed by atoms with Crippen LogP contribution in [0.3, 0.4) is 0 Å². The van der Waals surface area contributed by atoms with Crippen LogP contribution in [-0.2, 0) is 17.8 Å². The summed E-state index contributed by atoms with van der Waals surface area (Å²) < 4.78 is 8.04. The van der Waals surface area contributed by atoms with E-state index in [9.17, 15) is 4.79 Å². The number of amides is 1. The van der Waals surface area contributed by atoms with E-state index >= 15 is 0 Å². The van der Waals surface area contributed by atoms with E-state index in [1.54, 1.807) is 6.08 Å². The van der Waals surface area contributed by atoms with Crippen molar-refractivity contribution in [1.82, 2.24) is 14.8 Å². The topological polar surface area (TPSA) is 69.0 Å². The zero-order valence-electron chi connectivity index (χ0n) is 19.4. The minimum Gasteiger partial charge on any atom is -0.483 e. The third-order valence-electron chi connectivity index (χ3n) is 5.46. The van der Waals surface area contributed by atoms with Crippen molar-refractivity contribution in [3.8, 4) is 5.75 Å². The molecule has 1 N–H and O–H groups in total. The lowest BCUT2D eigenvalue weighted by molar-refractivity contribution is -0.113. The number of hydrogen-bond donors (Lipinski definition) is 1. The first-order valence-electron chi connectivity index (χ1n) is 11.3. The number of rotatable bonds is 10. The smallest absolute Gasteiger partial charge is 0.234 e. The Hall–Kier alpha value is -3.58. The number of nitrogens with one attached hydrogen (secondary N) is 1. The Kier molecular flexibility index (Phi) is 7.65. The minimum atomic E-state index is -0.307. The highest BCUT2D eigenvalue weighted by Crippen LogP contribution is 2.26. The molecule has 7 heteroatoms. The van der Waals surface area contributed by atoms with Gasteiger partial charge in [-0.05, 0) is 42.5 Å². The van der Waals surface area contributed by atoms with Crippen LogP contribution < -0.4 is 10.1 Å². The Balaban J connectivity index is 1.43. The Bertz CT molecular complexity index is 1280. The van der Waals surface area contributed by atoms with Crippen molar-refractivity contribution in [3.63, 3.8) is 0 Å².